The van der Waals surface area contributed by atoms with Crippen molar-refractivity contribution in [1.29, 1.82) is 0 Å². The maximum atomic E-state index is 14.6. The lowest BCUT2D eigenvalue weighted by atomic mass is 9.47. The highest BCUT2D eigenvalue weighted by molar-refractivity contribution is 6.25. The first kappa shape index (κ1) is 24.9. The Morgan fingerprint density at radius 3 is 1.81 bits per heavy atom. The monoisotopic (exact) mass is 567 g/mol. The summed E-state index contributed by atoms with van der Waals surface area (Å²) in [7, 11) is 0. The van der Waals surface area contributed by atoms with Crippen molar-refractivity contribution in [3.63, 3.8) is 0 Å². The first-order chi connectivity index (χ1) is 20.9. The van der Waals surface area contributed by atoms with Crippen molar-refractivity contribution >= 4 is 35.5 Å². The Kier molecular flexibility index (Phi) is 4.90. The first-order valence-electron chi connectivity index (χ1n) is 15.2. The van der Waals surface area contributed by atoms with E-state index < -0.39 is 17.3 Å². The molecule has 0 aromatic heterocycles. The molecule has 7 heteroatoms. The Labute approximate surface area is 248 Å². The molecule has 0 spiro atoms. The van der Waals surface area contributed by atoms with Gasteiger partial charge in [0.1, 0.15) is 0 Å². The van der Waals surface area contributed by atoms with Gasteiger partial charge in [-0.25, -0.2) is 4.90 Å². The molecule has 212 valence electrons. The summed E-state index contributed by atoms with van der Waals surface area (Å²) < 4.78 is 0. The van der Waals surface area contributed by atoms with Gasteiger partial charge in [0.15, 0.2) is 0 Å². The van der Waals surface area contributed by atoms with Crippen LogP contribution in [0.4, 0.5) is 5.69 Å². The summed E-state index contributed by atoms with van der Waals surface area (Å²) >= 11 is 0. The summed E-state index contributed by atoms with van der Waals surface area (Å²) in [6.07, 6.45) is 7.65. The summed E-state index contributed by atoms with van der Waals surface area (Å²) in [5.74, 6) is -3.40. The van der Waals surface area contributed by atoms with Gasteiger partial charge < -0.3 is 0 Å². The van der Waals surface area contributed by atoms with Crippen LogP contribution in [0.5, 0.6) is 0 Å². The summed E-state index contributed by atoms with van der Waals surface area (Å²) in [4.78, 5) is 57.7. The smallest absolute Gasteiger partial charge is 0.254 e. The number of anilines is 1. The molecule has 7 nitrogen and oxygen atoms in total. The molecule has 43 heavy (non-hydrogen) atoms. The molecule has 8 aliphatic rings. The number of hydrogen-bond acceptors (Lipinski definition) is 5. The number of benzene rings is 3. The number of hydrazone groups is 1. The lowest BCUT2D eigenvalue weighted by Crippen LogP contribution is -2.55. The Hall–Kier alpha value is -4.65. The van der Waals surface area contributed by atoms with E-state index in [9.17, 15) is 19.2 Å². The minimum absolute atomic E-state index is 0.0536. The van der Waals surface area contributed by atoms with Crippen LogP contribution in [0, 0.1) is 42.4 Å². The predicted octanol–water partition coefficient (Wildman–Crippen LogP) is 4.73. The van der Waals surface area contributed by atoms with Crippen LogP contribution >= 0.6 is 0 Å². The minimum atomic E-state index is -1.13. The normalized spacial score (nSPS) is 34.7. The number of carbonyl (C=O) groups is 4. The molecular formula is C36H29N3O4. The molecule has 0 radical (unpaired) electrons. The number of nitrogens with zero attached hydrogens (tertiary/aromatic N) is 3. The van der Waals surface area contributed by atoms with Gasteiger partial charge in [-0.05, 0) is 66.0 Å². The Balaban J connectivity index is 1.24. The summed E-state index contributed by atoms with van der Waals surface area (Å²) in [6.45, 7) is 1.97. The number of amides is 4. The molecular weight excluding hydrogens is 538 g/mol. The zero-order valence-corrected chi connectivity index (χ0v) is 23.6. The van der Waals surface area contributed by atoms with Crippen molar-refractivity contribution in [2.75, 3.05) is 4.90 Å². The van der Waals surface area contributed by atoms with Crippen molar-refractivity contribution < 1.29 is 19.2 Å². The standard InChI is InChI=1S/C36H29N3O4/c1-19-10-16-22(17-11-19)38-32(40)30-29-23-6-2-4-8-25(23)36(31(30)35(38)43,26-9-5-3-7-24(26)29)18-37-39-33(41)27-20-12-13-21(15-14-20)28(27)34(39)42/h2-13,16-18,20-21,27-31H,14-15H2,1H3/b37-18-/t20-,21-,27+,28+,29?,30+,31-,36?/m0/s1. The van der Waals surface area contributed by atoms with Gasteiger partial charge in [-0.2, -0.15) is 10.1 Å². The molecule has 6 atom stereocenters. The number of allylic oxidation sites excluding steroid dienone is 2. The fourth-order valence-corrected chi connectivity index (χ4v) is 9.32. The minimum Gasteiger partial charge on any atom is -0.274 e. The third-order valence-corrected chi connectivity index (χ3v) is 11.1. The fourth-order valence-electron chi connectivity index (χ4n) is 9.32. The second kappa shape index (κ2) is 8.47. The average Bonchev–Trinajstić information content (AvgIpc) is 3.47. The number of fused-ring (bicyclic) bond motifs is 1. The molecule has 11 rings (SSSR count). The molecule has 4 amide bonds. The van der Waals surface area contributed by atoms with Crippen LogP contribution in [0.25, 0.3) is 0 Å². The van der Waals surface area contributed by atoms with E-state index in [1.807, 2.05) is 79.7 Å². The maximum absolute atomic E-state index is 14.6. The largest absolute Gasteiger partial charge is 0.274 e. The van der Waals surface area contributed by atoms with Crippen LogP contribution in [0.15, 0.2) is 90.0 Å². The highest BCUT2D eigenvalue weighted by Gasteiger charge is 2.68. The van der Waals surface area contributed by atoms with Gasteiger partial charge in [0.05, 0.1) is 34.8 Å². The van der Waals surface area contributed by atoms with Gasteiger partial charge in [-0.15, -0.1) is 0 Å². The van der Waals surface area contributed by atoms with Crippen molar-refractivity contribution in [3.05, 3.63) is 113 Å². The third-order valence-electron chi connectivity index (χ3n) is 11.1. The molecule has 6 aliphatic carbocycles. The SMILES string of the molecule is Cc1ccc(N2C(=O)[C@@H]3C4c5ccccc5C(/C=N\N5C(=O)[C@H]6[C@H](C5=O)[C@H]5C=C[C@H]6CC5)(c5ccccc54)[C@@H]3C2=O)cc1. The molecule has 3 aromatic carbocycles. The van der Waals surface area contributed by atoms with E-state index in [1.54, 1.807) is 6.21 Å². The quantitative estimate of drug-likeness (QED) is 0.260. The van der Waals surface area contributed by atoms with Gasteiger partial charge in [0.2, 0.25) is 11.8 Å². The van der Waals surface area contributed by atoms with E-state index in [4.69, 9.17) is 5.10 Å². The second-order valence-corrected chi connectivity index (χ2v) is 12.9. The van der Waals surface area contributed by atoms with Crippen LogP contribution in [0.1, 0.15) is 46.6 Å². The van der Waals surface area contributed by atoms with Crippen LogP contribution in [-0.2, 0) is 24.6 Å². The highest BCUT2D eigenvalue weighted by atomic mass is 16.2. The average molecular weight is 568 g/mol. The zero-order chi connectivity index (χ0) is 29.2. The number of rotatable bonds is 3. The van der Waals surface area contributed by atoms with Gasteiger partial charge in [0.25, 0.3) is 11.8 Å². The van der Waals surface area contributed by atoms with Gasteiger partial charge >= 0.3 is 0 Å². The Bertz CT molecular complexity index is 1760. The van der Waals surface area contributed by atoms with E-state index in [1.165, 1.54) is 4.90 Å². The first-order valence-corrected chi connectivity index (χ1v) is 15.2. The van der Waals surface area contributed by atoms with Crippen molar-refractivity contribution in [3.8, 4) is 0 Å². The second-order valence-electron chi connectivity index (χ2n) is 12.9. The van der Waals surface area contributed by atoms with Crippen LogP contribution in [0.2, 0.25) is 0 Å². The zero-order valence-electron chi connectivity index (χ0n) is 23.6. The number of carbonyl (C=O) groups excluding carboxylic acids is 4. The molecule has 2 heterocycles. The topological polar surface area (TPSA) is 87.1 Å². The molecule has 3 aromatic rings. The third kappa shape index (κ3) is 2.97. The predicted molar refractivity (Wildman–Crippen MR) is 159 cm³/mol. The van der Waals surface area contributed by atoms with Crippen molar-refractivity contribution in [1.82, 2.24) is 5.01 Å². The highest BCUT2D eigenvalue weighted by Crippen LogP contribution is 2.64. The van der Waals surface area contributed by atoms with Crippen LogP contribution in [0.3, 0.4) is 0 Å². The summed E-state index contributed by atoms with van der Waals surface area (Å²) in [5.41, 5.74) is 4.21. The van der Waals surface area contributed by atoms with Gasteiger partial charge in [0, 0.05) is 12.1 Å². The van der Waals surface area contributed by atoms with Gasteiger partial charge in [-0.3, -0.25) is 19.2 Å². The fraction of sp³-hybridized carbons (Fsp3) is 0.306. The summed E-state index contributed by atoms with van der Waals surface area (Å²) in [5, 5.41) is 5.80. The molecule has 0 unspecified atom stereocenters. The Morgan fingerprint density at radius 1 is 0.698 bits per heavy atom. The van der Waals surface area contributed by atoms with Crippen LogP contribution < -0.4 is 4.90 Å². The Morgan fingerprint density at radius 2 is 1.26 bits per heavy atom. The molecule has 2 aliphatic heterocycles. The number of hydrogen-bond donors (Lipinski definition) is 0. The lowest BCUT2D eigenvalue weighted by molar-refractivity contribution is -0.140. The van der Waals surface area contributed by atoms with E-state index in [2.05, 4.69) is 12.2 Å². The summed E-state index contributed by atoms with van der Waals surface area (Å²) in [6, 6.07) is 23.3. The number of aryl methyl sites for hydroxylation is 1. The molecule has 2 saturated heterocycles. The molecule has 1 saturated carbocycles. The van der Waals surface area contributed by atoms with Crippen molar-refractivity contribution in [2.45, 2.75) is 31.1 Å². The lowest BCUT2D eigenvalue weighted by Gasteiger charge is -2.52. The van der Waals surface area contributed by atoms with Crippen LogP contribution in [-0.4, -0.2) is 34.9 Å². The van der Waals surface area contributed by atoms with Gasteiger partial charge in [-0.1, -0.05) is 78.4 Å². The molecule has 4 bridgehead atoms. The van der Waals surface area contributed by atoms with E-state index in [0.717, 1.165) is 45.7 Å². The van der Waals surface area contributed by atoms with Crippen molar-refractivity contribution in [2.24, 2.45) is 40.6 Å². The number of imide groups is 2. The van der Waals surface area contributed by atoms with E-state index in [0.29, 0.717) is 5.69 Å². The maximum Gasteiger partial charge on any atom is 0.254 e. The molecule has 3 fully saturated rings. The van der Waals surface area contributed by atoms with E-state index >= 15 is 0 Å². The van der Waals surface area contributed by atoms with E-state index in [-0.39, 0.29) is 53.2 Å². The molecule has 0 N–H and O–H groups in total.